The second kappa shape index (κ2) is 6.98. The average Bonchev–Trinajstić information content (AvgIpc) is 2.45. The van der Waals surface area contributed by atoms with Crippen LogP contribution in [0.15, 0.2) is 48.5 Å². The first-order chi connectivity index (χ1) is 9.31. The van der Waals surface area contributed by atoms with Crippen LogP contribution < -0.4 is 0 Å². The number of para-hydroxylation sites is 1. The molecule has 0 radical (unpaired) electrons. The molecule has 0 unspecified atom stereocenters. The van der Waals surface area contributed by atoms with E-state index in [4.69, 9.17) is 0 Å². The van der Waals surface area contributed by atoms with Crippen LogP contribution in [-0.2, 0) is 6.42 Å². The van der Waals surface area contributed by atoms with E-state index >= 15 is 0 Å². The molecular formula is C18H22O. The first-order valence-corrected chi connectivity index (χ1v) is 7.18. The standard InChI is InChI=1S/C18H22O/c1-2-3-4-5-8-15-11-13-16(14-12-15)17-9-6-7-10-18(17)19/h6-7,9-14,19H,2-5,8H2,1H3. The Bertz CT molecular complexity index is 499. The Morgan fingerprint density at radius 1 is 0.842 bits per heavy atom. The molecular weight excluding hydrogens is 232 g/mol. The maximum absolute atomic E-state index is 9.83. The van der Waals surface area contributed by atoms with Crippen LogP contribution in [0.2, 0.25) is 0 Å². The molecule has 0 fully saturated rings. The Labute approximate surface area is 115 Å². The maximum atomic E-state index is 9.83. The largest absolute Gasteiger partial charge is 0.507 e. The number of aryl methyl sites for hydroxylation is 1. The zero-order chi connectivity index (χ0) is 13.5. The molecule has 0 heterocycles. The molecule has 2 aromatic carbocycles. The number of rotatable bonds is 6. The smallest absolute Gasteiger partial charge is 0.123 e. The predicted molar refractivity (Wildman–Crippen MR) is 81.4 cm³/mol. The van der Waals surface area contributed by atoms with E-state index < -0.39 is 0 Å². The summed E-state index contributed by atoms with van der Waals surface area (Å²) in [6.45, 7) is 2.24. The summed E-state index contributed by atoms with van der Waals surface area (Å²) in [6.07, 6.45) is 6.35. The molecule has 0 amide bonds. The van der Waals surface area contributed by atoms with Gasteiger partial charge in [-0.1, -0.05) is 68.7 Å². The zero-order valence-electron chi connectivity index (χ0n) is 11.6. The van der Waals surface area contributed by atoms with Crippen LogP contribution in [0.4, 0.5) is 0 Å². The lowest BCUT2D eigenvalue weighted by Gasteiger charge is -2.06. The zero-order valence-corrected chi connectivity index (χ0v) is 11.6. The lowest BCUT2D eigenvalue weighted by molar-refractivity contribution is 0.477. The maximum Gasteiger partial charge on any atom is 0.123 e. The third-order valence-electron chi connectivity index (χ3n) is 3.49. The third-order valence-corrected chi connectivity index (χ3v) is 3.49. The summed E-state index contributed by atoms with van der Waals surface area (Å²) in [5.41, 5.74) is 3.37. The van der Waals surface area contributed by atoms with Crippen molar-refractivity contribution >= 4 is 0 Å². The van der Waals surface area contributed by atoms with E-state index in [0.29, 0.717) is 5.75 Å². The van der Waals surface area contributed by atoms with Gasteiger partial charge < -0.3 is 5.11 Å². The summed E-state index contributed by atoms with van der Waals surface area (Å²) >= 11 is 0. The molecule has 2 aromatic rings. The van der Waals surface area contributed by atoms with Crippen LogP contribution in [0.25, 0.3) is 11.1 Å². The van der Waals surface area contributed by atoms with Crippen LogP contribution in [0.3, 0.4) is 0 Å². The highest BCUT2D eigenvalue weighted by molar-refractivity contribution is 5.69. The number of phenols is 1. The minimum Gasteiger partial charge on any atom is -0.507 e. The van der Waals surface area contributed by atoms with Gasteiger partial charge in [-0.15, -0.1) is 0 Å². The van der Waals surface area contributed by atoms with Gasteiger partial charge in [0.1, 0.15) is 5.75 Å². The SMILES string of the molecule is CCCCCCc1ccc(-c2ccccc2O)cc1. The quantitative estimate of drug-likeness (QED) is 0.704. The molecule has 1 nitrogen and oxygen atoms in total. The van der Waals surface area contributed by atoms with Crippen LogP contribution >= 0.6 is 0 Å². The summed E-state index contributed by atoms with van der Waals surface area (Å²) in [5, 5.41) is 9.83. The Balaban J connectivity index is 2.01. The molecule has 0 aliphatic carbocycles. The fourth-order valence-corrected chi connectivity index (χ4v) is 2.32. The molecule has 1 N–H and O–H groups in total. The van der Waals surface area contributed by atoms with Crippen molar-refractivity contribution in [3.8, 4) is 16.9 Å². The van der Waals surface area contributed by atoms with Gasteiger partial charge in [0.2, 0.25) is 0 Å². The first kappa shape index (κ1) is 13.7. The third kappa shape index (κ3) is 3.85. The normalized spacial score (nSPS) is 10.6. The van der Waals surface area contributed by atoms with Crippen molar-refractivity contribution in [1.29, 1.82) is 0 Å². The number of hydrogen-bond acceptors (Lipinski definition) is 1. The topological polar surface area (TPSA) is 20.2 Å². The summed E-state index contributed by atoms with van der Waals surface area (Å²) in [5.74, 6) is 0.346. The van der Waals surface area contributed by atoms with Crippen molar-refractivity contribution in [2.24, 2.45) is 0 Å². The van der Waals surface area contributed by atoms with E-state index in [1.165, 1.54) is 31.2 Å². The van der Waals surface area contributed by atoms with Crippen molar-refractivity contribution in [3.05, 3.63) is 54.1 Å². The van der Waals surface area contributed by atoms with E-state index in [1.807, 2.05) is 18.2 Å². The molecule has 0 spiro atoms. The van der Waals surface area contributed by atoms with Gasteiger partial charge in [0.05, 0.1) is 0 Å². The minimum atomic E-state index is 0.346. The molecule has 0 aliphatic heterocycles. The van der Waals surface area contributed by atoms with Crippen molar-refractivity contribution in [3.63, 3.8) is 0 Å². The van der Waals surface area contributed by atoms with E-state index in [-0.39, 0.29) is 0 Å². The number of aromatic hydroxyl groups is 1. The average molecular weight is 254 g/mol. The van der Waals surface area contributed by atoms with Gasteiger partial charge in [-0.25, -0.2) is 0 Å². The van der Waals surface area contributed by atoms with Crippen molar-refractivity contribution < 1.29 is 5.11 Å². The van der Waals surface area contributed by atoms with Crippen LogP contribution in [0.1, 0.15) is 38.2 Å². The number of unbranched alkanes of at least 4 members (excludes halogenated alkanes) is 3. The first-order valence-electron chi connectivity index (χ1n) is 7.18. The van der Waals surface area contributed by atoms with Gasteiger partial charge in [-0.05, 0) is 30.0 Å². The molecule has 0 saturated carbocycles. The number of phenolic OH excluding ortho intramolecular Hbond substituents is 1. The van der Waals surface area contributed by atoms with Crippen LogP contribution in [0.5, 0.6) is 5.75 Å². The highest BCUT2D eigenvalue weighted by Crippen LogP contribution is 2.28. The van der Waals surface area contributed by atoms with Gasteiger partial charge in [-0.3, -0.25) is 0 Å². The lowest BCUT2D eigenvalue weighted by Crippen LogP contribution is -1.86. The molecule has 0 aromatic heterocycles. The summed E-state index contributed by atoms with van der Waals surface area (Å²) < 4.78 is 0. The molecule has 100 valence electrons. The Hall–Kier alpha value is -1.76. The summed E-state index contributed by atoms with van der Waals surface area (Å²) in [4.78, 5) is 0. The van der Waals surface area contributed by atoms with E-state index in [0.717, 1.165) is 17.5 Å². The number of hydrogen-bond donors (Lipinski definition) is 1. The lowest BCUT2D eigenvalue weighted by atomic mass is 10.0. The monoisotopic (exact) mass is 254 g/mol. The van der Waals surface area contributed by atoms with E-state index in [9.17, 15) is 5.11 Å². The number of benzene rings is 2. The minimum absolute atomic E-state index is 0.346. The highest BCUT2D eigenvalue weighted by Gasteiger charge is 2.02. The molecule has 0 bridgehead atoms. The predicted octanol–water partition coefficient (Wildman–Crippen LogP) is 5.18. The molecule has 19 heavy (non-hydrogen) atoms. The van der Waals surface area contributed by atoms with E-state index in [1.54, 1.807) is 6.07 Å². The Morgan fingerprint density at radius 2 is 1.58 bits per heavy atom. The molecule has 2 rings (SSSR count). The van der Waals surface area contributed by atoms with Crippen molar-refractivity contribution in [2.75, 3.05) is 0 Å². The fraction of sp³-hybridized carbons (Fsp3) is 0.333. The van der Waals surface area contributed by atoms with E-state index in [2.05, 4.69) is 31.2 Å². The molecule has 0 atom stereocenters. The summed E-state index contributed by atoms with van der Waals surface area (Å²) in [7, 11) is 0. The van der Waals surface area contributed by atoms with Gasteiger partial charge in [-0.2, -0.15) is 0 Å². The highest BCUT2D eigenvalue weighted by atomic mass is 16.3. The van der Waals surface area contributed by atoms with Crippen molar-refractivity contribution in [2.45, 2.75) is 39.0 Å². The van der Waals surface area contributed by atoms with Gasteiger partial charge in [0.25, 0.3) is 0 Å². The molecule has 0 aliphatic rings. The Morgan fingerprint density at radius 3 is 2.26 bits per heavy atom. The van der Waals surface area contributed by atoms with Crippen LogP contribution in [0, 0.1) is 0 Å². The van der Waals surface area contributed by atoms with Crippen LogP contribution in [-0.4, -0.2) is 5.11 Å². The van der Waals surface area contributed by atoms with Gasteiger partial charge in [0, 0.05) is 5.56 Å². The second-order valence-corrected chi connectivity index (χ2v) is 5.02. The second-order valence-electron chi connectivity index (χ2n) is 5.02. The summed E-state index contributed by atoms with van der Waals surface area (Å²) in [6, 6.07) is 16.0. The Kier molecular flexibility index (Phi) is 5.02. The molecule has 0 saturated heterocycles. The molecule has 1 heteroatoms. The van der Waals surface area contributed by atoms with Crippen molar-refractivity contribution in [1.82, 2.24) is 0 Å². The van der Waals surface area contributed by atoms with Gasteiger partial charge in [0.15, 0.2) is 0 Å². The van der Waals surface area contributed by atoms with Gasteiger partial charge >= 0.3 is 0 Å². The fourth-order valence-electron chi connectivity index (χ4n) is 2.32.